The molecule has 0 spiro atoms. The van der Waals surface area contributed by atoms with Crippen LogP contribution in [0.1, 0.15) is 37.7 Å². The van der Waals surface area contributed by atoms with Crippen molar-refractivity contribution < 1.29 is 14.7 Å². The van der Waals surface area contributed by atoms with Crippen LogP contribution >= 0.6 is 0 Å². The highest BCUT2D eigenvalue weighted by Gasteiger charge is 2.39. The van der Waals surface area contributed by atoms with Crippen molar-refractivity contribution >= 4 is 23.6 Å². The van der Waals surface area contributed by atoms with Gasteiger partial charge in [0.2, 0.25) is 0 Å². The minimum Gasteiger partial charge on any atom is -0.476 e. The van der Waals surface area contributed by atoms with E-state index >= 15 is 0 Å². The second-order valence-electron chi connectivity index (χ2n) is 7.76. The van der Waals surface area contributed by atoms with Crippen molar-refractivity contribution in [3.63, 3.8) is 0 Å². The van der Waals surface area contributed by atoms with Crippen LogP contribution in [-0.2, 0) is 11.8 Å². The summed E-state index contributed by atoms with van der Waals surface area (Å²) in [6.07, 6.45) is 5.33. The number of rotatable bonds is 5. The molecule has 1 aliphatic rings. The molecule has 156 valence electrons. The Bertz CT molecular complexity index is 1210. The standard InChI is InChI=1S/C25H23N3O3/c1-4-22(29)28-21-16-25(17-9-6-5-7-10-17,14-13-20(21)23(26-28)24(30)31)18-11-8-12-19(15-18)27(2)3/h4-15H,1,16H2,2-3H3,(H,30,31). The first-order valence-corrected chi connectivity index (χ1v) is 9.92. The van der Waals surface area contributed by atoms with Gasteiger partial charge in [-0.15, -0.1) is 0 Å². The van der Waals surface area contributed by atoms with Gasteiger partial charge in [0, 0.05) is 37.2 Å². The van der Waals surface area contributed by atoms with E-state index in [1.54, 1.807) is 6.08 Å². The molecule has 31 heavy (non-hydrogen) atoms. The lowest BCUT2D eigenvalue weighted by Crippen LogP contribution is -2.32. The first-order chi connectivity index (χ1) is 14.9. The van der Waals surface area contributed by atoms with Gasteiger partial charge in [0.1, 0.15) is 0 Å². The van der Waals surface area contributed by atoms with Gasteiger partial charge in [0.05, 0.1) is 5.69 Å². The third-order valence-corrected chi connectivity index (χ3v) is 5.76. The number of hydrogen-bond acceptors (Lipinski definition) is 4. The van der Waals surface area contributed by atoms with Gasteiger partial charge in [-0.3, -0.25) is 4.79 Å². The molecule has 6 heteroatoms. The maximum Gasteiger partial charge on any atom is 0.357 e. The first-order valence-electron chi connectivity index (χ1n) is 9.92. The van der Waals surface area contributed by atoms with Crippen molar-refractivity contribution in [3.8, 4) is 0 Å². The van der Waals surface area contributed by atoms with Gasteiger partial charge < -0.3 is 10.0 Å². The molecular weight excluding hydrogens is 390 g/mol. The molecule has 1 unspecified atom stereocenters. The topological polar surface area (TPSA) is 75.4 Å². The van der Waals surface area contributed by atoms with Crippen molar-refractivity contribution in [3.05, 3.63) is 101 Å². The molecule has 1 atom stereocenters. The highest BCUT2D eigenvalue weighted by Crippen LogP contribution is 2.43. The van der Waals surface area contributed by atoms with Crippen LogP contribution in [-0.4, -0.2) is 40.9 Å². The number of anilines is 1. The van der Waals surface area contributed by atoms with Crippen LogP contribution in [0, 0.1) is 0 Å². The van der Waals surface area contributed by atoms with Crippen molar-refractivity contribution in [2.45, 2.75) is 11.8 Å². The summed E-state index contributed by atoms with van der Waals surface area (Å²) in [4.78, 5) is 26.3. The Kier molecular flexibility index (Phi) is 5.07. The summed E-state index contributed by atoms with van der Waals surface area (Å²) in [5.74, 6) is -1.62. The van der Waals surface area contributed by atoms with E-state index < -0.39 is 17.3 Å². The van der Waals surface area contributed by atoms with Gasteiger partial charge in [-0.25, -0.2) is 4.79 Å². The molecule has 3 aromatic rings. The van der Waals surface area contributed by atoms with Gasteiger partial charge in [-0.1, -0.05) is 61.2 Å². The number of allylic oxidation sites excluding steroid dienone is 2. The predicted octanol–water partition coefficient (Wildman–Crippen LogP) is 4.03. The normalized spacial score (nSPS) is 17.1. The number of benzene rings is 2. The summed E-state index contributed by atoms with van der Waals surface area (Å²) < 4.78 is 1.17. The summed E-state index contributed by atoms with van der Waals surface area (Å²) in [7, 11) is 3.97. The molecule has 6 nitrogen and oxygen atoms in total. The SMILES string of the molecule is C=CC(=O)n1nc(C(=O)O)c2c1CC(c1ccccc1)(c1cccc(N(C)C)c1)C=C2. The molecule has 0 saturated carbocycles. The zero-order valence-electron chi connectivity index (χ0n) is 17.4. The predicted molar refractivity (Wildman–Crippen MR) is 121 cm³/mol. The average molecular weight is 413 g/mol. The number of aromatic nitrogens is 2. The summed E-state index contributed by atoms with van der Waals surface area (Å²) in [5.41, 5.74) is 3.43. The quantitative estimate of drug-likeness (QED) is 0.639. The Morgan fingerprint density at radius 3 is 2.48 bits per heavy atom. The lowest BCUT2D eigenvalue weighted by Gasteiger charge is -2.35. The minimum absolute atomic E-state index is 0.134. The fourth-order valence-corrected chi connectivity index (χ4v) is 4.15. The number of carboxylic acid groups (broad SMARTS) is 1. The van der Waals surface area contributed by atoms with Crippen LogP contribution in [0.15, 0.2) is 73.3 Å². The molecular formula is C25H23N3O3. The van der Waals surface area contributed by atoms with Crippen LogP contribution in [0.2, 0.25) is 0 Å². The smallest absolute Gasteiger partial charge is 0.357 e. The molecule has 0 aliphatic heterocycles. The van der Waals surface area contributed by atoms with Crippen molar-refractivity contribution in [1.29, 1.82) is 0 Å². The molecule has 1 heterocycles. The van der Waals surface area contributed by atoms with Crippen molar-refractivity contribution in [2.24, 2.45) is 0 Å². The Morgan fingerprint density at radius 2 is 1.84 bits per heavy atom. The summed E-state index contributed by atoms with van der Waals surface area (Å²) in [5, 5.41) is 13.7. The number of aromatic carboxylic acids is 1. The molecule has 0 bridgehead atoms. The second-order valence-corrected chi connectivity index (χ2v) is 7.76. The van der Waals surface area contributed by atoms with Crippen LogP contribution in [0.5, 0.6) is 0 Å². The number of carboxylic acids is 1. The van der Waals surface area contributed by atoms with Crippen LogP contribution < -0.4 is 4.90 Å². The molecule has 2 aromatic carbocycles. The lowest BCUT2D eigenvalue weighted by molar-refractivity contribution is 0.0689. The Hall–Kier alpha value is -3.93. The first kappa shape index (κ1) is 20.3. The number of hydrogen-bond donors (Lipinski definition) is 1. The summed E-state index contributed by atoms with van der Waals surface area (Å²) in [6, 6.07) is 18.2. The number of nitrogens with zero attached hydrogens (tertiary/aromatic N) is 3. The molecule has 1 N–H and O–H groups in total. The molecule has 4 rings (SSSR count). The molecule has 0 amide bonds. The fraction of sp³-hybridized carbons (Fsp3) is 0.160. The molecule has 0 radical (unpaired) electrons. The van der Waals surface area contributed by atoms with E-state index in [0.29, 0.717) is 17.7 Å². The third-order valence-electron chi connectivity index (χ3n) is 5.76. The third kappa shape index (κ3) is 3.36. The molecule has 1 aromatic heterocycles. The van der Waals surface area contributed by atoms with Gasteiger partial charge in [-0.05, 0) is 29.3 Å². The monoisotopic (exact) mass is 413 g/mol. The Labute approximate surface area is 180 Å². The van der Waals surface area contributed by atoms with Gasteiger partial charge >= 0.3 is 5.97 Å². The van der Waals surface area contributed by atoms with E-state index in [0.717, 1.165) is 22.9 Å². The van der Waals surface area contributed by atoms with Gasteiger partial charge in [0.15, 0.2) is 5.69 Å². The van der Waals surface area contributed by atoms with E-state index in [1.165, 1.54) is 4.68 Å². The van der Waals surface area contributed by atoms with Crippen LogP contribution in [0.4, 0.5) is 5.69 Å². The van der Waals surface area contributed by atoms with E-state index in [1.807, 2.05) is 67.5 Å². The largest absolute Gasteiger partial charge is 0.476 e. The molecule has 0 fully saturated rings. The van der Waals surface area contributed by atoms with E-state index in [2.05, 4.69) is 23.8 Å². The number of carbonyl (C=O) groups excluding carboxylic acids is 1. The Balaban J connectivity index is 1.98. The van der Waals surface area contributed by atoms with Crippen LogP contribution in [0.25, 0.3) is 6.08 Å². The van der Waals surface area contributed by atoms with Gasteiger partial charge in [0.25, 0.3) is 5.91 Å². The van der Waals surface area contributed by atoms with E-state index in [4.69, 9.17) is 0 Å². The maximum absolute atomic E-state index is 12.5. The average Bonchev–Trinajstić information content (AvgIpc) is 3.18. The lowest BCUT2D eigenvalue weighted by atomic mass is 9.68. The van der Waals surface area contributed by atoms with Crippen molar-refractivity contribution in [2.75, 3.05) is 19.0 Å². The highest BCUT2D eigenvalue weighted by atomic mass is 16.4. The second kappa shape index (κ2) is 7.72. The molecule has 0 saturated heterocycles. The van der Waals surface area contributed by atoms with E-state index in [9.17, 15) is 14.7 Å². The zero-order valence-corrected chi connectivity index (χ0v) is 17.4. The molecule has 1 aliphatic carbocycles. The Morgan fingerprint density at radius 1 is 1.13 bits per heavy atom. The van der Waals surface area contributed by atoms with Gasteiger partial charge in [-0.2, -0.15) is 9.78 Å². The summed E-state index contributed by atoms with van der Waals surface area (Å²) in [6.45, 7) is 3.54. The van der Waals surface area contributed by atoms with Crippen molar-refractivity contribution in [1.82, 2.24) is 9.78 Å². The zero-order chi connectivity index (χ0) is 22.2. The fourth-order valence-electron chi connectivity index (χ4n) is 4.15. The number of carbonyl (C=O) groups is 2. The summed E-state index contributed by atoms with van der Waals surface area (Å²) >= 11 is 0. The number of fused-ring (bicyclic) bond motifs is 1. The van der Waals surface area contributed by atoms with E-state index in [-0.39, 0.29) is 5.69 Å². The highest BCUT2D eigenvalue weighted by molar-refractivity contribution is 5.95. The minimum atomic E-state index is -1.17. The van der Waals surface area contributed by atoms with Crippen LogP contribution in [0.3, 0.4) is 0 Å². The maximum atomic E-state index is 12.5.